The predicted molar refractivity (Wildman–Crippen MR) is 117 cm³/mol. The van der Waals surface area contributed by atoms with Crippen molar-refractivity contribution in [3.8, 4) is 0 Å². The van der Waals surface area contributed by atoms with Gasteiger partial charge in [-0.3, -0.25) is 29.9 Å². The van der Waals surface area contributed by atoms with Gasteiger partial charge in [-0.1, -0.05) is 24.3 Å². The van der Waals surface area contributed by atoms with Gasteiger partial charge in [-0.05, 0) is 18.6 Å². The molecule has 0 bridgehead atoms. The number of nitro groups is 1. The van der Waals surface area contributed by atoms with Crippen LogP contribution in [0.25, 0.3) is 0 Å². The van der Waals surface area contributed by atoms with Crippen LogP contribution < -0.4 is 16.4 Å². The number of amides is 1. The Kier molecular flexibility index (Phi) is 8.40. The van der Waals surface area contributed by atoms with Gasteiger partial charge in [0.1, 0.15) is 11.5 Å². The zero-order valence-electron chi connectivity index (χ0n) is 17.3. The van der Waals surface area contributed by atoms with Crippen molar-refractivity contribution >= 4 is 34.9 Å². The van der Waals surface area contributed by atoms with Gasteiger partial charge in [-0.15, -0.1) is 0 Å². The van der Waals surface area contributed by atoms with Crippen LogP contribution >= 0.6 is 0 Å². The number of hydrogen-bond acceptors (Lipinski definition) is 8. The second kappa shape index (κ2) is 11.2. The van der Waals surface area contributed by atoms with E-state index in [1.165, 1.54) is 43.5 Å². The maximum absolute atomic E-state index is 12.4. The highest BCUT2D eigenvalue weighted by Crippen LogP contribution is 2.25. The quantitative estimate of drug-likeness (QED) is 0.0776. The molecule has 11 nitrogen and oxygen atoms in total. The number of rotatable bonds is 11. The summed E-state index contributed by atoms with van der Waals surface area (Å²) < 4.78 is 4.51. The maximum atomic E-state index is 12.4. The van der Waals surface area contributed by atoms with Gasteiger partial charge in [-0.2, -0.15) is 0 Å². The number of ether oxygens (including phenoxy) is 1. The molecule has 0 radical (unpaired) electrons. The lowest BCUT2D eigenvalue weighted by molar-refractivity contribution is -0.384. The molecule has 5 N–H and O–H groups in total. The fraction of sp³-hybridized carbons (Fsp3) is 0.238. The highest BCUT2D eigenvalue weighted by Gasteiger charge is 2.18. The molecule has 0 heterocycles. The summed E-state index contributed by atoms with van der Waals surface area (Å²) in [7, 11) is 1.27. The van der Waals surface area contributed by atoms with Crippen LogP contribution in [-0.2, 0) is 9.53 Å². The van der Waals surface area contributed by atoms with Crippen molar-refractivity contribution in [3.63, 3.8) is 0 Å². The van der Waals surface area contributed by atoms with Gasteiger partial charge in [0.25, 0.3) is 11.6 Å². The lowest BCUT2D eigenvalue weighted by Crippen LogP contribution is -2.25. The molecule has 1 amide bonds. The number of Topliss-reactive ketones (excluding diaryl/α,β-unsaturated/α-hetero) is 1. The molecular weight excluding hydrogens is 418 g/mol. The summed E-state index contributed by atoms with van der Waals surface area (Å²) in [5.41, 5.74) is 6.02. The first-order valence-electron chi connectivity index (χ1n) is 9.58. The lowest BCUT2D eigenvalue weighted by atomic mass is 10.1. The zero-order valence-corrected chi connectivity index (χ0v) is 17.3. The fourth-order valence-corrected chi connectivity index (χ4v) is 2.73. The summed E-state index contributed by atoms with van der Waals surface area (Å²) in [6.45, 7) is -0.00200. The number of amidine groups is 1. The van der Waals surface area contributed by atoms with Crippen LogP contribution in [-0.4, -0.2) is 48.6 Å². The summed E-state index contributed by atoms with van der Waals surface area (Å²) in [5, 5.41) is 24.1. The van der Waals surface area contributed by atoms with Crippen molar-refractivity contribution in [2.24, 2.45) is 5.73 Å². The first-order chi connectivity index (χ1) is 15.2. The Bertz CT molecular complexity index is 1040. The molecular formula is C21H23N5O6. The molecule has 0 spiro atoms. The molecule has 11 heteroatoms. The van der Waals surface area contributed by atoms with E-state index in [0.717, 1.165) is 6.07 Å². The van der Waals surface area contributed by atoms with E-state index in [2.05, 4.69) is 15.4 Å². The van der Waals surface area contributed by atoms with Crippen molar-refractivity contribution in [1.82, 2.24) is 5.32 Å². The van der Waals surface area contributed by atoms with Gasteiger partial charge < -0.3 is 21.1 Å². The van der Waals surface area contributed by atoms with Gasteiger partial charge in [0.2, 0.25) is 0 Å². The molecule has 0 aliphatic heterocycles. The first kappa shape index (κ1) is 24.0. The van der Waals surface area contributed by atoms with E-state index in [4.69, 9.17) is 11.1 Å². The van der Waals surface area contributed by atoms with Crippen molar-refractivity contribution in [3.05, 3.63) is 69.3 Å². The monoisotopic (exact) mass is 441 g/mol. The number of benzene rings is 2. The molecule has 0 fully saturated rings. The Morgan fingerprint density at radius 3 is 2.31 bits per heavy atom. The number of carbonyl (C=O) groups excluding carboxylic acids is 3. The third-order valence-electron chi connectivity index (χ3n) is 4.48. The SMILES string of the molecule is COC(=O)CCCNC(=O)c1ccc(NCC(=O)c2ccc(C(=N)N)cc2)c([N+](=O)[O-])c1. The average molecular weight is 441 g/mol. The molecule has 2 aromatic carbocycles. The summed E-state index contributed by atoms with van der Waals surface area (Å²) in [6.07, 6.45) is 0.515. The van der Waals surface area contributed by atoms with Gasteiger partial charge in [0.15, 0.2) is 5.78 Å². The minimum absolute atomic E-state index is 0.0754. The number of esters is 1. The molecule has 2 aromatic rings. The van der Waals surface area contributed by atoms with Crippen molar-refractivity contribution in [2.45, 2.75) is 12.8 Å². The second-order valence-corrected chi connectivity index (χ2v) is 6.69. The zero-order chi connectivity index (χ0) is 23.7. The second-order valence-electron chi connectivity index (χ2n) is 6.69. The Balaban J connectivity index is 2.02. The normalized spacial score (nSPS) is 10.2. The van der Waals surface area contributed by atoms with E-state index in [-0.39, 0.29) is 48.1 Å². The molecule has 32 heavy (non-hydrogen) atoms. The first-order valence-corrected chi connectivity index (χ1v) is 9.58. The van der Waals surface area contributed by atoms with Crippen molar-refractivity contribution < 1.29 is 24.0 Å². The smallest absolute Gasteiger partial charge is 0.305 e. The van der Waals surface area contributed by atoms with Crippen LogP contribution in [0.4, 0.5) is 11.4 Å². The molecule has 2 rings (SSSR count). The number of anilines is 1. The topological polar surface area (TPSA) is 178 Å². The lowest BCUT2D eigenvalue weighted by Gasteiger charge is -2.09. The Morgan fingerprint density at radius 1 is 1.09 bits per heavy atom. The number of nitrogens with one attached hydrogen (secondary N) is 3. The summed E-state index contributed by atoms with van der Waals surface area (Å²) >= 11 is 0. The van der Waals surface area contributed by atoms with Gasteiger partial charge >= 0.3 is 5.97 Å². The third-order valence-corrected chi connectivity index (χ3v) is 4.48. The van der Waals surface area contributed by atoms with E-state index in [1.807, 2.05) is 0 Å². The Morgan fingerprint density at radius 2 is 1.72 bits per heavy atom. The number of nitro benzene ring substituents is 1. The Labute approximate surface area is 183 Å². The summed E-state index contributed by atoms with van der Waals surface area (Å²) in [4.78, 5) is 46.4. The molecule has 0 aliphatic rings. The number of nitrogen functional groups attached to an aromatic ring is 1. The van der Waals surface area contributed by atoms with Crippen LogP contribution in [0.5, 0.6) is 0 Å². The van der Waals surface area contributed by atoms with E-state index in [0.29, 0.717) is 17.5 Å². The minimum atomic E-state index is -0.650. The van der Waals surface area contributed by atoms with Crippen LogP contribution in [0, 0.1) is 15.5 Å². The molecule has 0 atom stereocenters. The maximum Gasteiger partial charge on any atom is 0.305 e. The van der Waals surface area contributed by atoms with E-state index < -0.39 is 16.8 Å². The molecule has 168 valence electrons. The average Bonchev–Trinajstić information content (AvgIpc) is 2.79. The molecule has 0 aromatic heterocycles. The number of nitrogens with two attached hydrogens (primary N) is 1. The molecule has 0 saturated heterocycles. The van der Waals surface area contributed by atoms with E-state index in [9.17, 15) is 24.5 Å². The van der Waals surface area contributed by atoms with Crippen LogP contribution in [0.3, 0.4) is 0 Å². The Hall–Kier alpha value is -4.28. The largest absolute Gasteiger partial charge is 0.469 e. The van der Waals surface area contributed by atoms with Gasteiger partial charge in [-0.25, -0.2) is 0 Å². The summed E-state index contributed by atoms with van der Waals surface area (Å²) in [5.74, 6) is -1.35. The highest BCUT2D eigenvalue weighted by molar-refractivity contribution is 6.01. The standard InChI is InChI=1S/C21H23N5O6/c1-32-19(28)3-2-10-24-21(29)15-8-9-16(17(11-15)26(30)31)25-12-18(27)13-4-6-14(7-5-13)20(22)23/h4-9,11,25H,2-3,10,12H2,1H3,(H3,22,23)(H,24,29). The minimum Gasteiger partial charge on any atom is -0.469 e. The van der Waals surface area contributed by atoms with Crippen LogP contribution in [0.1, 0.15) is 39.1 Å². The number of methoxy groups -OCH3 is 1. The molecule has 0 aliphatic carbocycles. The molecule has 0 saturated carbocycles. The number of hydrogen-bond donors (Lipinski definition) is 4. The van der Waals surface area contributed by atoms with E-state index >= 15 is 0 Å². The predicted octanol–water partition coefficient (Wildman–Crippen LogP) is 1.86. The van der Waals surface area contributed by atoms with Crippen molar-refractivity contribution in [1.29, 1.82) is 5.41 Å². The van der Waals surface area contributed by atoms with E-state index in [1.54, 1.807) is 0 Å². The van der Waals surface area contributed by atoms with Gasteiger partial charge in [0.05, 0.1) is 18.6 Å². The molecule has 0 unspecified atom stereocenters. The number of ketones is 1. The van der Waals surface area contributed by atoms with Crippen LogP contribution in [0.2, 0.25) is 0 Å². The summed E-state index contributed by atoms with van der Waals surface area (Å²) in [6, 6.07) is 9.98. The number of carbonyl (C=O) groups is 3. The van der Waals surface area contributed by atoms with Gasteiger partial charge in [0, 0.05) is 35.7 Å². The number of nitrogens with zero attached hydrogens (tertiary/aromatic N) is 1. The van der Waals surface area contributed by atoms with Crippen LogP contribution in [0.15, 0.2) is 42.5 Å². The fourth-order valence-electron chi connectivity index (χ4n) is 2.73. The third kappa shape index (κ3) is 6.62. The van der Waals surface area contributed by atoms with Crippen molar-refractivity contribution in [2.75, 3.05) is 25.5 Å². The highest BCUT2D eigenvalue weighted by atomic mass is 16.6.